The van der Waals surface area contributed by atoms with Crippen LogP contribution in [0.3, 0.4) is 0 Å². The summed E-state index contributed by atoms with van der Waals surface area (Å²) >= 11 is 0. The normalized spacial score (nSPS) is 10.1. The van der Waals surface area contributed by atoms with Crippen LogP contribution in [0.2, 0.25) is 0 Å². The number of rotatable bonds is 3. The largest absolute Gasteiger partial charge is 0.392 e. The monoisotopic (exact) mass is 228 g/mol. The number of pyridine rings is 1. The van der Waals surface area contributed by atoms with E-state index >= 15 is 0 Å². The molecule has 0 atom stereocenters. The Morgan fingerprint density at radius 3 is 2.75 bits per heavy atom. The van der Waals surface area contributed by atoms with E-state index in [-0.39, 0.29) is 5.69 Å². The van der Waals surface area contributed by atoms with Crippen LogP contribution in [0.1, 0.15) is 17.7 Å². The van der Waals surface area contributed by atoms with Gasteiger partial charge in [0.05, 0.1) is 29.3 Å². The molecule has 0 aliphatic rings. The van der Waals surface area contributed by atoms with Crippen molar-refractivity contribution in [2.45, 2.75) is 12.8 Å². The third kappa shape index (κ3) is 2.03. The van der Waals surface area contributed by atoms with Gasteiger partial charge in [-0.2, -0.15) is 5.26 Å². The van der Waals surface area contributed by atoms with Crippen LogP contribution < -0.4 is 5.73 Å². The van der Waals surface area contributed by atoms with Crippen molar-refractivity contribution >= 4 is 11.4 Å². The van der Waals surface area contributed by atoms with E-state index in [2.05, 4.69) is 4.98 Å². The van der Waals surface area contributed by atoms with E-state index in [4.69, 9.17) is 11.0 Å². The van der Waals surface area contributed by atoms with Gasteiger partial charge < -0.3 is 5.73 Å². The van der Waals surface area contributed by atoms with Gasteiger partial charge in [0, 0.05) is 0 Å². The van der Waals surface area contributed by atoms with Crippen molar-refractivity contribution in [3.8, 4) is 6.07 Å². The first kappa shape index (κ1) is 11.8. The fraction of sp³-hybridized carbons (Fsp3) is 0.250. The van der Waals surface area contributed by atoms with Crippen LogP contribution in [0.4, 0.5) is 20.2 Å². The summed E-state index contributed by atoms with van der Waals surface area (Å²) in [6, 6.07) is 1.61. The highest BCUT2D eigenvalue weighted by Crippen LogP contribution is 2.35. The molecule has 6 nitrogen and oxygen atoms in total. The van der Waals surface area contributed by atoms with Gasteiger partial charge >= 0.3 is 5.69 Å². The molecule has 1 aromatic rings. The van der Waals surface area contributed by atoms with Gasteiger partial charge in [0.2, 0.25) is 0 Å². The SMILES string of the molecule is N#CCc1ncc(N)c([N+](=O)[O-])c1C(F)F. The number of alkyl halides is 2. The number of nitrogens with zero attached hydrogens (tertiary/aromatic N) is 3. The highest BCUT2D eigenvalue weighted by Gasteiger charge is 2.29. The highest BCUT2D eigenvalue weighted by atomic mass is 19.3. The Kier molecular flexibility index (Phi) is 3.30. The molecular formula is C8H6F2N4O2. The van der Waals surface area contributed by atoms with E-state index in [0.717, 1.165) is 6.20 Å². The van der Waals surface area contributed by atoms with Crippen LogP contribution in [0.15, 0.2) is 6.20 Å². The van der Waals surface area contributed by atoms with Crippen molar-refractivity contribution in [3.63, 3.8) is 0 Å². The Balaban J connectivity index is 3.51. The number of nitriles is 1. The lowest BCUT2D eigenvalue weighted by molar-refractivity contribution is -0.385. The van der Waals surface area contributed by atoms with Gasteiger partial charge in [-0.3, -0.25) is 15.1 Å². The zero-order valence-corrected chi connectivity index (χ0v) is 7.85. The number of nitrogen functional groups attached to an aromatic ring is 1. The van der Waals surface area contributed by atoms with Crippen molar-refractivity contribution in [1.82, 2.24) is 4.98 Å². The van der Waals surface area contributed by atoms with Crippen molar-refractivity contribution in [2.24, 2.45) is 0 Å². The molecule has 0 saturated heterocycles. The second kappa shape index (κ2) is 4.48. The summed E-state index contributed by atoms with van der Waals surface area (Å²) in [7, 11) is 0. The van der Waals surface area contributed by atoms with Crippen LogP contribution in [-0.2, 0) is 6.42 Å². The summed E-state index contributed by atoms with van der Waals surface area (Å²) in [5.41, 5.74) is 2.68. The molecule has 0 aliphatic carbocycles. The molecular weight excluding hydrogens is 222 g/mol. The number of nitro groups is 1. The summed E-state index contributed by atoms with van der Waals surface area (Å²) in [5.74, 6) is 0. The van der Waals surface area contributed by atoms with Gasteiger partial charge in [-0.05, 0) is 0 Å². The van der Waals surface area contributed by atoms with Gasteiger partial charge in [0.1, 0.15) is 11.3 Å². The Labute approximate surface area is 88.5 Å². The van der Waals surface area contributed by atoms with E-state index in [0.29, 0.717) is 0 Å². The number of hydrogen-bond acceptors (Lipinski definition) is 5. The number of aromatic nitrogens is 1. The predicted molar refractivity (Wildman–Crippen MR) is 49.6 cm³/mol. The van der Waals surface area contributed by atoms with Gasteiger partial charge in [0.15, 0.2) is 0 Å². The van der Waals surface area contributed by atoms with Crippen LogP contribution >= 0.6 is 0 Å². The Hall–Kier alpha value is -2.30. The molecule has 0 fully saturated rings. The molecule has 0 radical (unpaired) electrons. The quantitative estimate of drug-likeness (QED) is 0.624. The molecule has 1 aromatic heterocycles. The van der Waals surface area contributed by atoms with E-state index in [1.807, 2.05) is 0 Å². The maximum Gasteiger partial charge on any atom is 0.304 e. The smallest absolute Gasteiger partial charge is 0.304 e. The number of hydrogen-bond donors (Lipinski definition) is 1. The molecule has 0 unspecified atom stereocenters. The van der Waals surface area contributed by atoms with Crippen molar-refractivity contribution in [1.29, 1.82) is 5.26 Å². The third-order valence-corrected chi connectivity index (χ3v) is 1.85. The molecule has 84 valence electrons. The molecule has 0 aliphatic heterocycles. The topological polar surface area (TPSA) is 106 Å². The maximum absolute atomic E-state index is 12.6. The highest BCUT2D eigenvalue weighted by molar-refractivity contribution is 5.62. The van der Waals surface area contributed by atoms with Crippen molar-refractivity contribution < 1.29 is 13.7 Å². The van der Waals surface area contributed by atoms with E-state index < -0.39 is 34.7 Å². The molecule has 16 heavy (non-hydrogen) atoms. The first-order valence-electron chi connectivity index (χ1n) is 4.05. The second-order valence-electron chi connectivity index (χ2n) is 2.82. The molecule has 8 heteroatoms. The van der Waals surface area contributed by atoms with Crippen LogP contribution in [-0.4, -0.2) is 9.91 Å². The summed E-state index contributed by atoms with van der Waals surface area (Å²) in [6.45, 7) is 0. The molecule has 1 heterocycles. The minimum absolute atomic E-state index is 0.321. The summed E-state index contributed by atoms with van der Waals surface area (Å²) in [6.07, 6.45) is -2.63. The molecule has 0 amide bonds. The zero-order valence-electron chi connectivity index (χ0n) is 7.85. The average molecular weight is 228 g/mol. The first-order valence-corrected chi connectivity index (χ1v) is 4.05. The summed E-state index contributed by atoms with van der Waals surface area (Å²) in [4.78, 5) is 13.1. The van der Waals surface area contributed by atoms with Crippen LogP contribution in [0.5, 0.6) is 0 Å². The van der Waals surface area contributed by atoms with E-state index in [9.17, 15) is 18.9 Å². The lowest BCUT2D eigenvalue weighted by atomic mass is 10.1. The fourth-order valence-electron chi connectivity index (χ4n) is 1.22. The zero-order chi connectivity index (χ0) is 12.3. The minimum atomic E-state index is -3.10. The van der Waals surface area contributed by atoms with Crippen LogP contribution in [0, 0.1) is 21.4 Å². The molecule has 1 rings (SSSR count). The lowest BCUT2D eigenvalue weighted by Gasteiger charge is -2.07. The van der Waals surface area contributed by atoms with E-state index in [1.165, 1.54) is 0 Å². The summed E-state index contributed by atoms with van der Waals surface area (Å²) in [5, 5.41) is 19.0. The Bertz CT molecular complexity index is 470. The third-order valence-electron chi connectivity index (χ3n) is 1.85. The number of nitrogens with two attached hydrogens (primary N) is 1. The number of anilines is 1. The lowest BCUT2D eigenvalue weighted by Crippen LogP contribution is -2.07. The maximum atomic E-state index is 12.6. The van der Waals surface area contributed by atoms with Crippen LogP contribution in [0.25, 0.3) is 0 Å². The Morgan fingerprint density at radius 1 is 1.69 bits per heavy atom. The minimum Gasteiger partial charge on any atom is -0.392 e. The van der Waals surface area contributed by atoms with Gasteiger partial charge in [-0.15, -0.1) is 0 Å². The second-order valence-corrected chi connectivity index (χ2v) is 2.82. The molecule has 0 spiro atoms. The molecule has 0 saturated carbocycles. The fourth-order valence-corrected chi connectivity index (χ4v) is 1.22. The number of halogens is 2. The average Bonchev–Trinajstić information content (AvgIpc) is 2.19. The molecule has 0 aromatic carbocycles. The standard InChI is InChI=1S/C8H6F2N4O2/c9-8(10)6-5(1-2-11)13-3-4(12)7(6)14(15)16/h3,8H,1,12H2. The molecule has 2 N–H and O–H groups in total. The van der Waals surface area contributed by atoms with Crippen molar-refractivity contribution in [3.05, 3.63) is 27.6 Å². The predicted octanol–water partition coefficient (Wildman–Crippen LogP) is 1.58. The summed E-state index contributed by atoms with van der Waals surface area (Å²) < 4.78 is 25.3. The van der Waals surface area contributed by atoms with E-state index in [1.54, 1.807) is 6.07 Å². The Morgan fingerprint density at radius 2 is 2.31 bits per heavy atom. The van der Waals surface area contributed by atoms with Gasteiger partial charge in [-0.1, -0.05) is 0 Å². The first-order chi connectivity index (χ1) is 7.49. The van der Waals surface area contributed by atoms with Crippen molar-refractivity contribution in [2.75, 3.05) is 5.73 Å². The van der Waals surface area contributed by atoms with Gasteiger partial charge in [-0.25, -0.2) is 8.78 Å². The molecule has 0 bridgehead atoms. The van der Waals surface area contributed by atoms with Gasteiger partial charge in [0.25, 0.3) is 6.43 Å².